The van der Waals surface area contributed by atoms with Gasteiger partial charge in [0.15, 0.2) is 5.82 Å². The summed E-state index contributed by atoms with van der Waals surface area (Å²) in [4.78, 5) is 0.186. The number of tetrazole rings is 1. The third kappa shape index (κ3) is 4.23. The molecule has 0 aliphatic carbocycles. The molecular formula is C12H19ClN6O2S. The van der Waals surface area contributed by atoms with Gasteiger partial charge in [-0.2, -0.15) is 0 Å². The van der Waals surface area contributed by atoms with Crippen molar-refractivity contribution in [3.63, 3.8) is 0 Å². The fourth-order valence-corrected chi connectivity index (χ4v) is 2.87. The summed E-state index contributed by atoms with van der Waals surface area (Å²) in [5.41, 5.74) is 0.645. The zero-order valence-corrected chi connectivity index (χ0v) is 14.1. The van der Waals surface area contributed by atoms with E-state index < -0.39 is 10.0 Å². The van der Waals surface area contributed by atoms with Crippen molar-refractivity contribution in [1.29, 1.82) is 0 Å². The van der Waals surface area contributed by atoms with Gasteiger partial charge in [0.1, 0.15) is 0 Å². The smallest absolute Gasteiger partial charge is 0.240 e. The first-order valence-corrected chi connectivity index (χ1v) is 7.92. The lowest BCUT2D eigenvalue weighted by Gasteiger charge is -2.12. The minimum atomic E-state index is -3.56. The van der Waals surface area contributed by atoms with Crippen LogP contribution < -0.4 is 10.0 Å². The van der Waals surface area contributed by atoms with Crippen LogP contribution in [0.15, 0.2) is 29.2 Å². The molecule has 10 heteroatoms. The number of nitrogens with zero attached hydrogens (tertiary/aromatic N) is 4. The van der Waals surface area contributed by atoms with Crippen molar-refractivity contribution in [1.82, 2.24) is 30.2 Å². The number of rotatable bonds is 6. The molecule has 0 radical (unpaired) electrons. The molecule has 0 amide bonds. The Morgan fingerprint density at radius 1 is 1.36 bits per heavy atom. The molecular weight excluding hydrogens is 328 g/mol. The molecule has 1 aromatic carbocycles. The summed E-state index contributed by atoms with van der Waals surface area (Å²) in [6.07, 6.45) is 0. The average molecular weight is 347 g/mol. The van der Waals surface area contributed by atoms with Crippen LogP contribution in [0.2, 0.25) is 0 Å². The van der Waals surface area contributed by atoms with Crippen LogP contribution in [0.4, 0.5) is 0 Å². The lowest BCUT2D eigenvalue weighted by Crippen LogP contribution is -2.37. The van der Waals surface area contributed by atoms with E-state index in [1.165, 1.54) is 4.68 Å². The molecule has 8 nitrogen and oxygen atoms in total. The van der Waals surface area contributed by atoms with E-state index in [1.54, 1.807) is 38.4 Å². The Hall–Kier alpha value is -1.55. The van der Waals surface area contributed by atoms with Gasteiger partial charge in [0.25, 0.3) is 0 Å². The third-order valence-corrected chi connectivity index (χ3v) is 4.52. The molecule has 0 bridgehead atoms. The van der Waals surface area contributed by atoms with Gasteiger partial charge in [-0.1, -0.05) is 12.1 Å². The standard InChI is InChI=1S/C12H18N6O2S.ClH/c1-9(13-2)8-14-21(19,20)11-6-4-5-10(7-11)12-15-16-17-18(12)3;/h4-7,9,13-14H,8H2,1-3H3;1H. The first kappa shape index (κ1) is 18.5. The highest BCUT2D eigenvalue weighted by Gasteiger charge is 2.16. The third-order valence-electron chi connectivity index (χ3n) is 3.10. The van der Waals surface area contributed by atoms with E-state index in [2.05, 4.69) is 25.6 Å². The fraction of sp³-hybridized carbons (Fsp3) is 0.417. The second-order valence-electron chi connectivity index (χ2n) is 4.70. The summed E-state index contributed by atoms with van der Waals surface area (Å²) in [6, 6.07) is 6.57. The summed E-state index contributed by atoms with van der Waals surface area (Å²) in [5, 5.41) is 14.1. The molecule has 0 fully saturated rings. The van der Waals surface area contributed by atoms with Gasteiger partial charge in [0, 0.05) is 25.2 Å². The number of likely N-dealkylation sites (N-methyl/N-ethyl adjacent to an activating group) is 1. The van der Waals surface area contributed by atoms with Crippen LogP contribution in [0.3, 0.4) is 0 Å². The number of nitrogens with one attached hydrogen (secondary N) is 2. The second-order valence-corrected chi connectivity index (χ2v) is 6.46. The first-order valence-electron chi connectivity index (χ1n) is 6.44. The quantitative estimate of drug-likeness (QED) is 0.774. The van der Waals surface area contributed by atoms with Gasteiger partial charge in [0.2, 0.25) is 10.0 Å². The molecule has 0 aliphatic heterocycles. The normalized spacial score (nSPS) is 12.7. The number of halogens is 1. The van der Waals surface area contributed by atoms with Gasteiger partial charge in [0.05, 0.1) is 4.90 Å². The Labute approximate surface area is 135 Å². The van der Waals surface area contributed by atoms with E-state index in [0.717, 1.165) is 0 Å². The summed E-state index contributed by atoms with van der Waals surface area (Å²) >= 11 is 0. The second kappa shape index (κ2) is 7.63. The van der Waals surface area contributed by atoms with E-state index in [-0.39, 0.29) is 23.3 Å². The monoisotopic (exact) mass is 346 g/mol. The molecule has 1 unspecified atom stereocenters. The Balaban J connectivity index is 0.00000242. The predicted octanol–water partition coefficient (Wildman–Crippen LogP) is 0.185. The molecule has 22 heavy (non-hydrogen) atoms. The fourth-order valence-electron chi connectivity index (χ4n) is 1.70. The minimum absolute atomic E-state index is 0. The Bertz CT molecular complexity index is 718. The maximum Gasteiger partial charge on any atom is 0.240 e. The van der Waals surface area contributed by atoms with Gasteiger partial charge >= 0.3 is 0 Å². The van der Waals surface area contributed by atoms with Crippen molar-refractivity contribution in [3.8, 4) is 11.4 Å². The largest absolute Gasteiger partial charge is 0.316 e. The van der Waals surface area contributed by atoms with Gasteiger partial charge in [-0.15, -0.1) is 17.5 Å². The Kier molecular flexibility index (Phi) is 6.42. The maximum absolute atomic E-state index is 12.3. The number of hydrogen-bond acceptors (Lipinski definition) is 6. The zero-order valence-electron chi connectivity index (χ0n) is 12.5. The molecule has 2 aromatic rings. The summed E-state index contributed by atoms with van der Waals surface area (Å²) < 4.78 is 28.6. The van der Waals surface area contributed by atoms with Crippen LogP contribution in [-0.4, -0.2) is 48.3 Å². The molecule has 1 atom stereocenters. The van der Waals surface area contributed by atoms with E-state index in [1.807, 2.05) is 6.92 Å². The number of sulfonamides is 1. The van der Waals surface area contributed by atoms with Gasteiger partial charge in [-0.3, -0.25) is 0 Å². The Morgan fingerprint density at radius 3 is 2.68 bits per heavy atom. The van der Waals surface area contributed by atoms with E-state index >= 15 is 0 Å². The molecule has 0 saturated heterocycles. The zero-order chi connectivity index (χ0) is 15.5. The van der Waals surface area contributed by atoms with Gasteiger partial charge in [-0.25, -0.2) is 17.8 Å². The van der Waals surface area contributed by atoms with E-state index in [4.69, 9.17) is 0 Å². The molecule has 2 rings (SSSR count). The topological polar surface area (TPSA) is 102 Å². The molecule has 1 heterocycles. The van der Waals surface area contributed by atoms with Crippen molar-refractivity contribution in [2.75, 3.05) is 13.6 Å². The van der Waals surface area contributed by atoms with Gasteiger partial charge in [-0.05, 0) is 36.5 Å². The number of hydrogen-bond donors (Lipinski definition) is 2. The molecule has 1 aromatic heterocycles. The van der Waals surface area contributed by atoms with Crippen LogP contribution in [0.1, 0.15) is 6.92 Å². The van der Waals surface area contributed by atoms with Crippen molar-refractivity contribution in [3.05, 3.63) is 24.3 Å². The van der Waals surface area contributed by atoms with E-state index in [0.29, 0.717) is 17.9 Å². The highest BCUT2D eigenvalue weighted by atomic mass is 35.5. The van der Waals surface area contributed by atoms with Crippen LogP contribution in [-0.2, 0) is 17.1 Å². The number of aromatic nitrogens is 4. The SMILES string of the molecule is CNC(C)CNS(=O)(=O)c1cccc(-c2nnnn2C)c1.Cl. The minimum Gasteiger partial charge on any atom is -0.316 e. The molecule has 2 N–H and O–H groups in total. The summed E-state index contributed by atoms with van der Waals surface area (Å²) in [7, 11) is -0.0835. The molecule has 0 aliphatic rings. The average Bonchev–Trinajstić information content (AvgIpc) is 2.91. The highest BCUT2D eigenvalue weighted by molar-refractivity contribution is 7.89. The number of aryl methyl sites for hydroxylation is 1. The summed E-state index contributed by atoms with van der Waals surface area (Å²) in [6.45, 7) is 2.21. The van der Waals surface area contributed by atoms with Crippen LogP contribution in [0.25, 0.3) is 11.4 Å². The van der Waals surface area contributed by atoms with Crippen molar-refractivity contribution >= 4 is 22.4 Å². The molecule has 0 spiro atoms. The van der Waals surface area contributed by atoms with Gasteiger partial charge < -0.3 is 5.32 Å². The first-order chi connectivity index (χ1) is 9.94. The molecule has 0 saturated carbocycles. The van der Waals surface area contributed by atoms with Crippen LogP contribution in [0, 0.1) is 0 Å². The summed E-state index contributed by atoms with van der Waals surface area (Å²) in [5.74, 6) is 0.510. The number of benzene rings is 1. The maximum atomic E-state index is 12.3. The van der Waals surface area contributed by atoms with Crippen molar-refractivity contribution < 1.29 is 8.42 Å². The van der Waals surface area contributed by atoms with Crippen LogP contribution >= 0.6 is 12.4 Å². The lowest BCUT2D eigenvalue weighted by atomic mass is 10.2. The lowest BCUT2D eigenvalue weighted by molar-refractivity contribution is 0.554. The highest BCUT2D eigenvalue weighted by Crippen LogP contribution is 2.19. The predicted molar refractivity (Wildman–Crippen MR) is 85.2 cm³/mol. The van der Waals surface area contributed by atoms with Crippen LogP contribution in [0.5, 0.6) is 0 Å². The Morgan fingerprint density at radius 2 is 2.09 bits per heavy atom. The molecule has 122 valence electrons. The van der Waals surface area contributed by atoms with Crippen molar-refractivity contribution in [2.24, 2.45) is 7.05 Å². The van der Waals surface area contributed by atoms with Crippen molar-refractivity contribution in [2.45, 2.75) is 17.9 Å². The van der Waals surface area contributed by atoms with E-state index in [9.17, 15) is 8.42 Å².